The predicted octanol–water partition coefficient (Wildman–Crippen LogP) is -0.668. The maximum absolute atomic E-state index is 12.8. The summed E-state index contributed by atoms with van der Waals surface area (Å²) in [5.41, 5.74) is 0.0416. The first-order valence-corrected chi connectivity index (χ1v) is 7.86. The normalized spacial score (nSPS) is 35.7. The second kappa shape index (κ2) is 5.86. The smallest absolute Gasteiger partial charge is 0.345 e. The molecule has 1 aliphatic carbocycles. The van der Waals surface area contributed by atoms with Crippen LogP contribution in [0.2, 0.25) is 0 Å². The molecule has 7 heteroatoms. The summed E-state index contributed by atoms with van der Waals surface area (Å²) in [4.78, 5) is 25.5. The molecule has 7 nitrogen and oxygen atoms in total. The van der Waals surface area contributed by atoms with Crippen LogP contribution in [0.3, 0.4) is 0 Å². The third-order valence-electron chi connectivity index (χ3n) is 4.91. The van der Waals surface area contributed by atoms with Crippen molar-refractivity contribution in [1.29, 1.82) is 0 Å². The van der Waals surface area contributed by atoms with Crippen LogP contribution in [0.25, 0.3) is 0 Å². The van der Waals surface area contributed by atoms with E-state index in [2.05, 4.69) is 11.8 Å². The molecule has 0 saturated carbocycles. The zero-order valence-corrected chi connectivity index (χ0v) is 13.8. The topological polar surface area (TPSA) is 119 Å². The average Bonchev–Trinajstić information content (AvgIpc) is 2.86. The lowest BCUT2D eigenvalue weighted by Crippen LogP contribution is -2.69. The zero-order valence-electron chi connectivity index (χ0n) is 13.8. The molecule has 0 spiro atoms. The van der Waals surface area contributed by atoms with Crippen molar-refractivity contribution in [1.82, 2.24) is 0 Å². The van der Waals surface area contributed by atoms with Gasteiger partial charge in [0.2, 0.25) is 16.9 Å². The molecule has 3 rings (SSSR count). The lowest BCUT2D eigenvalue weighted by atomic mass is 9.77. The van der Waals surface area contributed by atoms with Crippen molar-refractivity contribution in [2.45, 2.75) is 42.3 Å². The fourth-order valence-corrected chi connectivity index (χ4v) is 3.39. The van der Waals surface area contributed by atoms with E-state index in [9.17, 15) is 19.8 Å². The number of benzene rings is 1. The first kappa shape index (κ1) is 18.0. The molecule has 1 aliphatic heterocycles. The highest BCUT2D eigenvalue weighted by Crippen LogP contribution is 2.43. The van der Waals surface area contributed by atoms with Gasteiger partial charge in [-0.2, -0.15) is 0 Å². The van der Waals surface area contributed by atoms with E-state index in [1.807, 2.05) is 0 Å². The molecule has 0 amide bonds. The molecule has 1 aromatic rings. The molecule has 0 aromatic heterocycles. The minimum absolute atomic E-state index is 0.172. The zero-order chi connectivity index (χ0) is 19.2. The monoisotopic (exact) mass is 355 g/mol. The summed E-state index contributed by atoms with van der Waals surface area (Å²) in [7, 11) is 0. The van der Waals surface area contributed by atoms with Crippen LogP contribution < -0.4 is 5.73 Å². The van der Waals surface area contributed by atoms with Crippen LogP contribution in [0, 0.1) is 24.7 Å². The minimum atomic E-state index is -2.81. The molecular formula is C19H17NO6. The van der Waals surface area contributed by atoms with Gasteiger partial charge in [-0.1, -0.05) is 24.3 Å². The van der Waals surface area contributed by atoms with Crippen molar-refractivity contribution in [3.8, 4) is 24.7 Å². The average molecular weight is 355 g/mol. The van der Waals surface area contributed by atoms with E-state index in [1.54, 1.807) is 24.3 Å². The van der Waals surface area contributed by atoms with Gasteiger partial charge in [-0.3, -0.25) is 5.73 Å². The molecule has 26 heavy (non-hydrogen) atoms. The Morgan fingerprint density at radius 1 is 1.12 bits per heavy atom. The van der Waals surface area contributed by atoms with Crippen molar-refractivity contribution in [2.24, 2.45) is 5.73 Å². The highest BCUT2D eigenvalue weighted by atomic mass is 16.6. The molecule has 4 unspecified atom stereocenters. The number of carbonyl (C=O) groups excluding carboxylic acids is 2. The summed E-state index contributed by atoms with van der Waals surface area (Å²) < 4.78 is 10.7. The Labute approximate surface area is 150 Å². The number of hydrogen-bond donors (Lipinski definition) is 3. The van der Waals surface area contributed by atoms with Crippen molar-refractivity contribution < 1.29 is 29.3 Å². The second-order valence-corrected chi connectivity index (χ2v) is 6.42. The number of ether oxygens (including phenoxy) is 2. The van der Waals surface area contributed by atoms with Gasteiger partial charge in [0.05, 0.1) is 12.8 Å². The van der Waals surface area contributed by atoms with Crippen molar-refractivity contribution >= 4 is 11.9 Å². The molecule has 4 atom stereocenters. The van der Waals surface area contributed by atoms with E-state index in [0.29, 0.717) is 11.1 Å². The third-order valence-corrected chi connectivity index (χ3v) is 4.91. The fraction of sp³-hybridized carbons (Fsp3) is 0.368. The first-order chi connectivity index (χ1) is 12.2. The Kier molecular flexibility index (Phi) is 4.05. The van der Waals surface area contributed by atoms with Gasteiger partial charge in [-0.25, -0.2) is 9.59 Å². The Bertz CT molecular complexity index is 868. The molecule has 1 aromatic carbocycles. The number of carbonyl (C=O) groups is 2. The van der Waals surface area contributed by atoms with E-state index in [1.165, 1.54) is 0 Å². The quantitative estimate of drug-likeness (QED) is 0.475. The summed E-state index contributed by atoms with van der Waals surface area (Å²) in [5, 5.41) is 21.6. The highest BCUT2D eigenvalue weighted by Gasteiger charge is 2.66. The molecule has 134 valence electrons. The number of nitrogens with two attached hydrogens (primary N) is 1. The summed E-state index contributed by atoms with van der Waals surface area (Å²) >= 11 is 0. The lowest BCUT2D eigenvalue weighted by Gasteiger charge is -2.44. The fourth-order valence-electron chi connectivity index (χ4n) is 3.39. The lowest BCUT2D eigenvalue weighted by molar-refractivity contribution is -0.247. The summed E-state index contributed by atoms with van der Waals surface area (Å²) in [6.07, 6.45) is 8.08. The van der Waals surface area contributed by atoms with Crippen LogP contribution in [0.5, 0.6) is 0 Å². The van der Waals surface area contributed by atoms with Gasteiger partial charge in [-0.05, 0) is 5.56 Å². The molecule has 2 aliphatic rings. The molecular weight excluding hydrogens is 338 g/mol. The molecule has 1 heterocycles. The van der Waals surface area contributed by atoms with E-state index in [4.69, 9.17) is 28.1 Å². The molecule has 0 bridgehead atoms. The largest absolute Gasteiger partial charge is 0.454 e. The van der Waals surface area contributed by atoms with Gasteiger partial charge in [0.25, 0.3) is 0 Å². The molecule has 1 saturated heterocycles. The summed E-state index contributed by atoms with van der Waals surface area (Å²) in [5.74, 6) is 1.49. The van der Waals surface area contributed by atoms with Gasteiger partial charge in [0.1, 0.15) is 0 Å². The van der Waals surface area contributed by atoms with Crippen LogP contribution in [0.4, 0.5) is 0 Å². The Morgan fingerprint density at radius 3 is 2.31 bits per heavy atom. The molecule has 1 fully saturated rings. The highest BCUT2D eigenvalue weighted by molar-refractivity contribution is 5.94. The number of esters is 2. The van der Waals surface area contributed by atoms with E-state index >= 15 is 0 Å². The van der Waals surface area contributed by atoms with Crippen LogP contribution >= 0.6 is 0 Å². The number of aliphatic hydroxyl groups is 2. The summed E-state index contributed by atoms with van der Waals surface area (Å²) in [6.45, 7) is 0. The van der Waals surface area contributed by atoms with Gasteiger partial charge in [0, 0.05) is 12.0 Å². The number of fused-ring (bicyclic) bond motifs is 3. The van der Waals surface area contributed by atoms with Gasteiger partial charge >= 0.3 is 11.9 Å². The standard InChI is InChI=1S/C19H17NO6/c1-3-9-17(23)15(21)25-14-11-12-7-5-6-8-13(12)19(14,20)26-16(22)18(17,24)10-4-2/h1-2,5-8,14,23-24H,9-11,20H2. The van der Waals surface area contributed by atoms with Gasteiger partial charge in [-0.15, -0.1) is 24.7 Å². The van der Waals surface area contributed by atoms with E-state index in [-0.39, 0.29) is 6.42 Å². The van der Waals surface area contributed by atoms with E-state index < -0.39 is 47.8 Å². The Balaban J connectivity index is 2.15. The van der Waals surface area contributed by atoms with Gasteiger partial charge < -0.3 is 19.7 Å². The van der Waals surface area contributed by atoms with Crippen LogP contribution in [-0.2, 0) is 31.2 Å². The second-order valence-electron chi connectivity index (χ2n) is 6.42. The van der Waals surface area contributed by atoms with Crippen LogP contribution in [0.1, 0.15) is 24.0 Å². The Morgan fingerprint density at radius 2 is 1.69 bits per heavy atom. The number of hydrogen-bond acceptors (Lipinski definition) is 7. The molecule has 4 N–H and O–H groups in total. The van der Waals surface area contributed by atoms with E-state index in [0.717, 1.165) is 0 Å². The van der Waals surface area contributed by atoms with Crippen molar-refractivity contribution in [3.63, 3.8) is 0 Å². The minimum Gasteiger partial charge on any atom is -0.454 e. The SMILES string of the molecule is C#CCC1(O)C(=O)OC2Cc3ccccc3C2(N)OC(=O)C1(O)CC#C. The maximum Gasteiger partial charge on any atom is 0.345 e. The third kappa shape index (κ3) is 2.23. The Hall–Kier alpha value is -2.84. The van der Waals surface area contributed by atoms with Gasteiger partial charge in [0.15, 0.2) is 6.10 Å². The predicted molar refractivity (Wildman–Crippen MR) is 88.8 cm³/mol. The van der Waals surface area contributed by atoms with Crippen LogP contribution in [-0.4, -0.2) is 39.5 Å². The molecule has 0 radical (unpaired) electrons. The first-order valence-electron chi connectivity index (χ1n) is 7.86. The number of rotatable bonds is 2. The van der Waals surface area contributed by atoms with Crippen molar-refractivity contribution in [2.75, 3.05) is 0 Å². The van der Waals surface area contributed by atoms with Crippen LogP contribution in [0.15, 0.2) is 24.3 Å². The number of terminal acetylenes is 2. The maximum atomic E-state index is 12.8. The summed E-state index contributed by atoms with van der Waals surface area (Å²) in [6, 6.07) is 6.82. The van der Waals surface area contributed by atoms with Crippen molar-refractivity contribution in [3.05, 3.63) is 35.4 Å².